The largest absolute Gasteiger partial charge is 0.490 e. The maximum absolute atomic E-state index is 14.2. The molecule has 0 fully saturated rings. The van der Waals surface area contributed by atoms with Gasteiger partial charge in [-0.15, -0.1) is 0 Å². The van der Waals surface area contributed by atoms with Crippen molar-refractivity contribution >= 4 is 35.5 Å². The first-order valence-corrected chi connectivity index (χ1v) is 15.1. The van der Waals surface area contributed by atoms with Crippen molar-refractivity contribution in [1.82, 2.24) is 15.2 Å². The summed E-state index contributed by atoms with van der Waals surface area (Å²) in [5.74, 6) is -5.06. The number of carboxylic acid groups (broad SMARTS) is 1. The number of nitrogens with zero attached hydrogens (tertiary/aromatic N) is 3. The molecule has 0 aliphatic rings. The number of halogens is 3. The van der Waals surface area contributed by atoms with Crippen LogP contribution < -0.4 is 28.3 Å². The van der Waals surface area contributed by atoms with Crippen LogP contribution in [-0.4, -0.2) is 82.3 Å². The Hall–Kier alpha value is -6.00. The van der Waals surface area contributed by atoms with Crippen LogP contribution >= 0.6 is 0 Å². The number of alkyl halides is 3. The van der Waals surface area contributed by atoms with Crippen LogP contribution in [0.25, 0.3) is 0 Å². The lowest BCUT2D eigenvalue weighted by Gasteiger charge is -2.32. The van der Waals surface area contributed by atoms with E-state index in [1.807, 2.05) is 48.5 Å². The SMILES string of the molecule is CN(C(=O)[C@@H](Cc1ccc(C(=N)N)cc1)c1cccnc1)[C@@H](Cc1ccccc1)C(=O)NC(CCCN=C(N)N)C(N)=O.O=C(O)C(F)(F)F. The highest BCUT2D eigenvalue weighted by molar-refractivity contribution is 5.95. The van der Waals surface area contributed by atoms with E-state index in [0.717, 1.165) is 11.1 Å². The van der Waals surface area contributed by atoms with Gasteiger partial charge in [-0.3, -0.25) is 29.8 Å². The van der Waals surface area contributed by atoms with Gasteiger partial charge in [-0.05, 0) is 42.0 Å². The Bertz CT molecular complexity index is 1620. The molecule has 1 unspecified atom stereocenters. The van der Waals surface area contributed by atoms with Crippen LogP contribution in [0.1, 0.15) is 41.0 Å². The molecule has 0 spiro atoms. The molecule has 3 aromatic rings. The number of hydrogen-bond acceptors (Lipinski definition) is 7. The fourth-order valence-corrected chi connectivity index (χ4v) is 4.69. The van der Waals surface area contributed by atoms with E-state index >= 15 is 0 Å². The number of guanidine groups is 1. The number of nitrogens with one attached hydrogen (secondary N) is 2. The van der Waals surface area contributed by atoms with E-state index in [9.17, 15) is 27.6 Å². The number of amidine groups is 1. The molecule has 1 heterocycles. The van der Waals surface area contributed by atoms with Crippen molar-refractivity contribution in [2.75, 3.05) is 13.6 Å². The van der Waals surface area contributed by atoms with Gasteiger partial charge in [0, 0.05) is 38.0 Å². The average Bonchev–Trinajstić information content (AvgIpc) is 3.07. The third-order valence-electron chi connectivity index (χ3n) is 7.33. The Labute approximate surface area is 286 Å². The summed E-state index contributed by atoms with van der Waals surface area (Å²) in [7, 11) is 1.58. The van der Waals surface area contributed by atoms with Crippen molar-refractivity contribution in [2.45, 2.75) is 49.9 Å². The lowest BCUT2D eigenvalue weighted by atomic mass is 9.90. The van der Waals surface area contributed by atoms with Crippen LogP contribution in [0.3, 0.4) is 0 Å². The first-order chi connectivity index (χ1) is 23.5. The van der Waals surface area contributed by atoms with Crippen molar-refractivity contribution < 1.29 is 37.5 Å². The Morgan fingerprint density at radius 2 is 1.54 bits per heavy atom. The molecule has 268 valence electrons. The monoisotopic (exact) mass is 699 g/mol. The van der Waals surface area contributed by atoms with Crippen molar-refractivity contribution in [3.63, 3.8) is 0 Å². The number of carbonyl (C=O) groups excluding carboxylic acids is 3. The minimum Gasteiger partial charge on any atom is -0.475 e. The summed E-state index contributed by atoms with van der Waals surface area (Å²) in [6, 6.07) is 18.1. The molecule has 0 aliphatic carbocycles. The lowest BCUT2D eigenvalue weighted by Crippen LogP contribution is -2.54. The smallest absolute Gasteiger partial charge is 0.475 e. The summed E-state index contributed by atoms with van der Waals surface area (Å²) in [4.78, 5) is 58.6. The number of rotatable bonds is 15. The number of aromatic nitrogens is 1. The van der Waals surface area contributed by atoms with Crippen molar-refractivity contribution in [2.24, 2.45) is 27.9 Å². The van der Waals surface area contributed by atoms with E-state index in [1.54, 1.807) is 37.6 Å². The van der Waals surface area contributed by atoms with Crippen LogP contribution in [-0.2, 0) is 32.0 Å². The molecule has 3 amide bonds. The molecule has 14 nitrogen and oxygen atoms in total. The van der Waals surface area contributed by atoms with Gasteiger partial charge in [-0.2, -0.15) is 13.2 Å². The first-order valence-electron chi connectivity index (χ1n) is 15.1. The molecule has 3 rings (SSSR count). The molecule has 50 heavy (non-hydrogen) atoms. The number of primary amides is 1. The van der Waals surface area contributed by atoms with E-state index in [0.29, 0.717) is 24.0 Å². The Morgan fingerprint density at radius 3 is 2.04 bits per heavy atom. The standard InChI is InChI=1S/C31H39N9O3.C2HF3O2/c1-40(30(43)24(23-9-5-15-37-19-23)17-21-11-13-22(14-12-21)27(32)33)26(18-20-7-3-2-4-8-20)29(42)39-25(28(34)41)10-6-16-38-31(35)36;3-2(4,5)1(6)7/h2-5,7-9,11-15,19,24-26H,6,10,16-18H2,1H3,(H3,32,33)(H2,34,41)(H,39,42)(H4,35,36,38);(H,6,7)/t24-,25?,26-;/m0./s1. The summed E-state index contributed by atoms with van der Waals surface area (Å²) in [6.45, 7) is 0.272. The molecule has 17 heteroatoms. The van der Waals surface area contributed by atoms with Crippen LogP contribution in [0.2, 0.25) is 0 Å². The van der Waals surface area contributed by atoms with E-state index in [-0.39, 0.29) is 37.1 Å². The number of amides is 3. The summed E-state index contributed by atoms with van der Waals surface area (Å²) >= 11 is 0. The Kier molecular flexibility index (Phi) is 15.4. The molecule has 0 saturated carbocycles. The number of pyridine rings is 1. The van der Waals surface area contributed by atoms with E-state index in [2.05, 4.69) is 15.3 Å². The van der Waals surface area contributed by atoms with Gasteiger partial charge in [0.1, 0.15) is 17.9 Å². The molecule has 2 aromatic carbocycles. The molecule has 3 atom stereocenters. The molecule has 0 aliphatic heterocycles. The molecular formula is C33H40F3N9O5. The number of aliphatic imine (C=N–C) groups is 1. The van der Waals surface area contributed by atoms with E-state index < -0.39 is 42.0 Å². The van der Waals surface area contributed by atoms with Gasteiger partial charge >= 0.3 is 12.1 Å². The van der Waals surface area contributed by atoms with Crippen LogP contribution in [0, 0.1) is 5.41 Å². The predicted molar refractivity (Wildman–Crippen MR) is 180 cm³/mol. The van der Waals surface area contributed by atoms with Gasteiger partial charge in [-0.1, -0.05) is 60.7 Å². The molecule has 1 aromatic heterocycles. The van der Waals surface area contributed by atoms with Crippen molar-refractivity contribution in [3.05, 3.63) is 101 Å². The predicted octanol–water partition coefficient (Wildman–Crippen LogP) is 1.42. The zero-order chi connectivity index (χ0) is 37.4. The minimum atomic E-state index is -5.08. The number of nitrogens with two attached hydrogens (primary N) is 4. The maximum Gasteiger partial charge on any atom is 0.490 e. The summed E-state index contributed by atoms with van der Waals surface area (Å²) < 4.78 is 31.7. The fourth-order valence-electron chi connectivity index (χ4n) is 4.69. The van der Waals surface area contributed by atoms with E-state index in [1.165, 1.54) is 4.90 Å². The highest BCUT2D eigenvalue weighted by Crippen LogP contribution is 2.25. The molecular weight excluding hydrogens is 659 g/mol. The van der Waals surface area contributed by atoms with Crippen LogP contribution in [0.4, 0.5) is 13.2 Å². The van der Waals surface area contributed by atoms with Crippen LogP contribution in [0.5, 0.6) is 0 Å². The number of nitrogen functional groups attached to an aromatic ring is 1. The third kappa shape index (κ3) is 13.2. The quantitative estimate of drug-likeness (QED) is 0.0687. The lowest BCUT2D eigenvalue weighted by molar-refractivity contribution is -0.192. The number of likely N-dealkylation sites (N-methyl/N-ethyl adjacent to an activating group) is 1. The van der Waals surface area contributed by atoms with Gasteiger partial charge < -0.3 is 38.3 Å². The van der Waals surface area contributed by atoms with Crippen molar-refractivity contribution in [3.8, 4) is 0 Å². The fraction of sp³-hybridized carbons (Fsp3) is 0.303. The first kappa shape index (κ1) is 40.2. The van der Waals surface area contributed by atoms with Gasteiger partial charge in [-0.25, -0.2) is 4.79 Å². The minimum absolute atomic E-state index is 0.0496. The normalized spacial score (nSPS) is 12.6. The number of carboxylic acids is 1. The maximum atomic E-state index is 14.2. The Morgan fingerprint density at radius 1 is 0.940 bits per heavy atom. The van der Waals surface area contributed by atoms with E-state index in [4.69, 9.17) is 38.2 Å². The van der Waals surface area contributed by atoms with Crippen LogP contribution in [0.15, 0.2) is 84.1 Å². The van der Waals surface area contributed by atoms with Gasteiger partial charge in [0.2, 0.25) is 17.7 Å². The topological polar surface area (TPSA) is 257 Å². The van der Waals surface area contributed by atoms with Gasteiger partial charge in [0.15, 0.2) is 5.96 Å². The van der Waals surface area contributed by atoms with Crippen molar-refractivity contribution in [1.29, 1.82) is 5.41 Å². The number of hydrogen-bond donors (Lipinski definition) is 7. The summed E-state index contributed by atoms with van der Waals surface area (Å²) in [5, 5.41) is 17.5. The summed E-state index contributed by atoms with van der Waals surface area (Å²) in [5.41, 5.74) is 24.9. The molecule has 0 bridgehead atoms. The average molecular weight is 700 g/mol. The zero-order valence-corrected chi connectivity index (χ0v) is 27.1. The highest BCUT2D eigenvalue weighted by atomic mass is 19.4. The van der Waals surface area contributed by atoms with Gasteiger partial charge in [0.05, 0.1) is 5.92 Å². The number of carbonyl (C=O) groups is 4. The summed E-state index contributed by atoms with van der Waals surface area (Å²) in [6.07, 6.45) is -0.661. The molecule has 11 N–H and O–H groups in total. The highest BCUT2D eigenvalue weighted by Gasteiger charge is 2.38. The zero-order valence-electron chi connectivity index (χ0n) is 27.1. The van der Waals surface area contributed by atoms with Gasteiger partial charge in [0.25, 0.3) is 0 Å². The third-order valence-corrected chi connectivity index (χ3v) is 7.33. The second kappa shape index (κ2) is 19.1. The second-order valence-corrected chi connectivity index (χ2v) is 11.0. The number of benzene rings is 2. The molecule has 0 radical (unpaired) electrons. The Balaban J connectivity index is 0.00000112. The second-order valence-electron chi connectivity index (χ2n) is 11.0. The molecule has 0 saturated heterocycles. The number of aliphatic carboxylic acids is 1.